The van der Waals surface area contributed by atoms with Crippen LogP contribution in [-0.4, -0.2) is 15.9 Å². The van der Waals surface area contributed by atoms with E-state index in [2.05, 4.69) is 34.4 Å². The third kappa shape index (κ3) is 5.93. The van der Waals surface area contributed by atoms with E-state index < -0.39 is 0 Å². The molecule has 0 radical (unpaired) electrons. The van der Waals surface area contributed by atoms with Gasteiger partial charge in [-0.2, -0.15) is 0 Å². The van der Waals surface area contributed by atoms with Crippen molar-refractivity contribution in [3.05, 3.63) is 72.4 Å². The van der Waals surface area contributed by atoms with Crippen LogP contribution in [-0.2, 0) is 4.79 Å². The number of nitrogens with one attached hydrogen (secondary N) is 2. The highest BCUT2D eigenvalue weighted by Gasteiger charge is 2.15. The molecule has 7 heteroatoms. The maximum atomic E-state index is 12.7. The Morgan fingerprint density at radius 1 is 1.16 bits per heavy atom. The predicted octanol–water partition coefficient (Wildman–Crippen LogP) is 5.78. The Balaban J connectivity index is 1.79. The lowest BCUT2D eigenvalue weighted by molar-refractivity contribution is -0.113. The van der Waals surface area contributed by atoms with Crippen molar-refractivity contribution in [3.8, 4) is 11.3 Å². The first-order chi connectivity index (χ1) is 15.0. The van der Waals surface area contributed by atoms with Crippen LogP contribution in [0.3, 0.4) is 0 Å². The van der Waals surface area contributed by atoms with Gasteiger partial charge in [0.25, 0.3) is 5.91 Å². The molecule has 2 aromatic carbocycles. The monoisotopic (exact) mass is 433 g/mol. The molecule has 160 valence electrons. The Kier molecular flexibility index (Phi) is 7.81. The van der Waals surface area contributed by atoms with E-state index in [-0.39, 0.29) is 11.8 Å². The van der Waals surface area contributed by atoms with Gasteiger partial charge in [-0.15, -0.1) is 0 Å². The number of nitrogens with two attached hydrogens (primary N) is 1. The number of hydrogen-bond acceptors (Lipinski definition) is 6. The smallest absolute Gasteiger partial charge is 0.251 e. The Morgan fingerprint density at radius 3 is 2.68 bits per heavy atom. The maximum Gasteiger partial charge on any atom is 0.251 e. The number of rotatable bonds is 8. The van der Waals surface area contributed by atoms with Crippen LogP contribution in [0.4, 0.5) is 17.3 Å². The van der Waals surface area contributed by atoms with E-state index in [9.17, 15) is 4.79 Å². The zero-order chi connectivity index (χ0) is 22.2. The van der Waals surface area contributed by atoms with Gasteiger partial charge in [0.05, 0.1) is 5.69 Å². The van der Waals surface area contributed by atoms with Crippen LogP contribution in [0.1, 0.15) is 27.2 Å². The number of amides is 1. The molecule has 1 atom stereocenters. The number of benzene rings is 2. The van der Waals surface area contributed by atoms with Crippen molar-refractivity contribution in [1.29, 1.82) is 0 Å². The summed E-state index contributed by atoms with van der Waals surface area (Å²) in [7, 11) is 0. The molecule has 3 aromatic rings. The van der Waals surface area contributed by atoms with Crippen LogP contribution in [0.5, 0.6) is 0 Å². The van der Waals surface area contributed by atoms with Gasteiger partial charge in [0.2, 0.25) is 5.95 Å². The number of aromatic nitrogens is 2. The Morgan fingerprint density at radius 2 is 1.94 bits per heavy atom. The van der Waals surface area contributed by atoms with E-state index in [4.69, 9.17) is 5.14 Å². The van der Waals surface area contributed by atoms with Crippen molar-refractivity contribution >= 4 is 35.2 Å². The zero-order valence-corrected chi connectivity index (χ0v) is 18.7. The van der Waals surface area contributed by atoms with Gasteiger partial charge < -0.3 is 10.6 Å². The number of carbonyl (C=O) groups is 1. The average Bonchev–Trinajstić information content (AvgIpc) is 2.80. The Bertz CT molecular complexity index is 1080. The topological polar surface area (TPSA) is 92.9 Å². The van der Waals surface area contributed by atoms with Crippen LogP contribution < -0.4 is 15.8 Å². The quantitative estimate of drug-likeness (QED) is 0.308. The summed E-state index contributed by atoms with van der Waals surface area (Å²) < 4.78 is 0. The summed E-state index contributed by atoms with van der Waals surface area (Å²) in [5, 5.41) is 11.9. The number of anilines is 3. The van der Waals surface area contributed by atoms with E-state index in [0.717, 1.165) is 39.5 Å². The summed E-state index contributed by atoms with van der Waals surface area (Å²) in [5.41, 5.74) is 4.02. The third-order valence-corrected chi connectivity index (χ3v) is 5.54. The Hall–Kier alpha value is -3.16. The standard InChI is InChI=1S/C24H27N5OS/c1-4-16(3)21(5-2)23(30)27-18-9-6-8-17(14-18)22-12-13-26-24(29-22)28-19-10-7-11-20(15-19)31-25/h5-16H,4,25H2,1-3H3,(H,27,30)(H,26,28,29)/b21-5+. The molecule has 6 nitrogen and oxygen atoms in total. The summed E-state index contributed by atoms with van der Waals surface area (Å²) in [6.07, 6.45) is 4.50. The first kappa shape index (κ1) is 22.5. The summed E-state index contributed by atoms with van der Waals surface area (Å²) in [6.45, 7) is 6.03. The fourth-order valence-corrected chi connectivity index (χ4v) is 3.53. The molecule has 31 heavy (non-hydrogen) atoms. The SMILES string of the molecule is C/C=C(/C(=O)Nc1cccc(-c2ccnc(Nc3cccc(SN)c3)n2)c1)C(C)CC. The molecule has 0 aliphatic carbocycles. The molecule has 0 spiro atoms. The van der Waals surface area contributed by atoms with E-state index in [1.54, 1.807) is 6.20 Å². The molecule has 3 rings (SSSR count). The molecule has 0 saturated heterocycles. The van der Waals surface area contributed by atoms with Gasteiger partial charge in [0, 0.05) is 33.6 Å². The zero-order valence-electron chi connectivity index (χ0n) is 17.9. The van der Waals surface area contributed by atoms with Crippen molar-refractivity contribution in [3.63, 3.8) is 0 Å². The molecule has 0 bridgehead atoms. The summed E-state index contributed by atoms with van der Waals surface area (Å²) >= 11 is 1.19. The molecule has 0 fully saturated rings. The lowest BCUT2D eigenvalue weighted by Gasteiger charge is -2.14. The molecule has 1 aromatic heterocycles. The van der Waals surface area contributed by atoms with Crippen molar-refractivity contribution in [1.82, 2.24) is 9.97 Å². The van der Waals surface area contributed by atoms with Crippen LogP contribution in [0.2, 0.25) is 0 Å². The minimum absolute atomic E-state index is 0.0725. The lowest BCUT2D eigenvalue weighted by Crippen LogP contribution is -2.18. The maximum absolute atomic E-state index is 12.7. The van der Waals surface area contributed by atoms with Crippen LogP contribution in [0.25, 0.3) is 11.3 Å². The van der Waals surface area contributed by atoms with Gasteiger partial charge in [-0.25, -0.2) is 9.97 Å². The van der Waals surface area contributed by atoms with Gasteiger partial charge >= 0.3 is 0 Å². The van der Waals surface area contributed by atoms with E-state index >= 15 is 0 Å². The molecule has 0 saturated carbocycles. The van der Waals surface area contributed by atoms with Crippen LogP contribution in [0, 0.1) is 5.92 Å². The van der Waals surface area contributed by atoms with Crippen molar-refractivity contribution in [2.75, 3.05) is 10.6 Å². The average molecular weight is 434 g/mol. The van der Waals surface area contributed by atoms with Crippen molar-refractivity contribution in [2.24, 2.45) is 11.1 Å². The molecular weight excluding hydrogens is 406 g/mol. The summed E-state index contributed by atoms with van der Waals surface area (Å²) in [5.74, 6) is 0.621. The molecule has 1 amide bonds. The number of carbonyl (C=O) groups excluding carboxylic acids is 1. The number of hydrogen-bond donors (Lipinski definition) is 3. The normalized spacial score (nSPS) is 12.3. The highest BCUT2D eigenvalue weighted by atomic mass is 32.2. The predicted molar refractivity (Wildman–Crippen MR) is 129 cm³/mol. The number of nitrogens with zero attached hydrogens (tertiary/aromatic N) is 2. The highest BCUT2D eigenvalue weighted by Crippen LogP contribution is 2.24. The molecular formula is C24H27N5OS. The van der Waals surface area contributed by atoms with Gasteiger partial charge in [-0.05, 0) is 67.6 Å². The summed E-state index contributed by atoms with van der Waals surface area (Å²) in [4.78, 5) is 22.6. The number of allylic oxidation sites excluding steroid dienone is 1. The highest BCUT2D eigenvalue weighted by molar-refractivity contribution is 7.97. The fourth-order valence-electron chi connectivity index (χ4n) is 3.17. The van der Waals surface area contributed by atoms with Crippen molar-refractivity contribution < 1.29 is 4.79 Å². The molecule has 4 N–H and O–H groups in total. The van der Waals surface area contributed by atoms with E-state index in [0.29, 0.717) is 5.95 Å². The van der Waals surface area contributed by atoms with Gasteiger partial charge in [-0.1, -0.05) is 38.1 Å². The molecule has 1 heterocycles. The second kappa shape index (κ2) is 10.7. The molecule has 0 aliphatic heterocycles. The van der Waals surface area contributed by atoms with E-state index in [1.165, 1.54) is 11.9 Å². The third-order valence-electron chi connectivity index (χ3n) is 5.01. The first-order valence-corrected chi connectivity index (χ1v) is 11.1. The largest absolute Gasteiger partial charge is 0.324 e. The summed E-state index contributed by atoms with van der Waals surface area (Å²) in [6, 6.07) is 17.2. The van der Waals surface area contributed by atoms with Gasteiger partial charge in [0.15, 0.2) is 0 Å². The first-order valence-electron chi connectivity index (χ1n) is 10.2. The van der Waals surface area contributed by atoms with Gasteiger partial charge in [-0.3, -0.25) is 9.93 Å². The second-order valence-corrected chi connectivity index (χ2v) is 7.83. The fraction of sp³-hybridized carbons (Fsp3) is 0.208. The molecule has 0 aliphatic rings. The lowest BCUT2D eigenvalue weighted by atomic mass is 9.97. The molecule has 1 unspecified atom stereocenters. The van der Waals surface area contributed by atoms with Crippen LogP contribution >= 0.6 is 11.9 Å². The van der Waals surface area contributed by atoms with Crippen LogP contribution in [0.15, 0.2) is 77.3 Å². The Labute approximate surface area is 187 Å². The second-order valence-electron chi connectivity index (χ2n) is 7.12. The van der Waals surface area contributed by atoms with Gasteiger partial charge in [0.1, 0.15) is 0 Å². The minimum Gasteiger partial charge on any atom is -0.324 e. The van der Waals surface area contributed by atoms with Crippen molar-refractivity contribution in [2.45, 2.75) is 32.1 Å². The van der Waals surface area contributed by atoms with E-state index in [1.807, 2.05) is 67.6 Å². The minimum atomic E-state index is -0.0725.